The van der Waals surface area contributed by atoms with E-state index in [4.69, 9.17) is 23.9 Å². The van der Waals surface area contributed by atoms with Crippen LogP contribution in [0.3, 0.4) is 0 Å². The summed E-state index contributed by atoms with van der Waals surface area (Å²) in [7, 11) is 0. The highest BCUT2D eigenvalue weighted by molar-refractivity contribution is 8.01. The molecule has 12 rings (SSSR count). The molecule has 0 spiro atoms. The normalized spacial score (nSPS) is 45.9. The van der Waals surface area contributed by atoms with Crippen LogP contribution in [-0.4, -0.2) is 103 Å². The number of aromatic nitrogens is 1. The van der Waals surface area contributed by atoms with Gasteiger partial charge in [-0.3, -0.25) is 19.2 Å². The Kier molecular flexibility index (Phi) is 11.1. The van der Waals surface area contributed by atoms with Crippen LogP contribution >= 0.6 is 23.1 Å². The fourth-order valence-electron chi connectivity index (χ4n) is 17.1. The van der Waals surface area contributed by atoms with Crippen molar-refractivity contribution in [2.75, 3.05) is 12.4 Å². The molecular formula is C55H67NO11S2. The Labute approximate surface area is 412 Å². The molecule has 0 radical (unpaired) electrons. The summed E-state index contributed by atoms with van der Waals surface area (Å²) < 4.78 is 27.8. The highest BCUT2D eigenvalue weighted by Gasteiger charge is 2.78. The van der Waals surface area contributed by atoms with Crippen molar-refractivity contribution in [3.8, 4) is 0 Å². The first-order chi connectivity index (χ1) is 32.4. The van der Waals surface area contributed by atoms with Crippen molar-refractivity contribution in [2.24, 2.45) is 57.2 Å². The van der Waals surface area contributed by atoms with Gasteiger partial charge in [-0.2, -0.15) is 0 Å². The Morgan fingerprint density at radius 3 is 1.68 bits per heavy atom. The number of allylic oxidation sites excluding steroid dienone is 8. The highest BCUT2D eigenvalue weighted by atomic mass is 32.2. The lowest BCUT2D eigenvalue weighted by atomic mass is 9.46. The molecule has 10 unspecified atom stereocenters. The topological polar surface area (TPSA) is 179 Å². The van der Waals surface area contributed by atoms with E-state index < -0.39 is 58.5 Å². The fourth-order valence-corrected chi connectivity index (χ4v) is 19.1. The van der Waals surface area contributed by atoms with Crippen molar-refractivity contribution in [1.82, 2.24) is 4.98 Å². The van der Waals surface area contributed by atoms with E-state index >= 15 is 0 Å². The molecule has 1 aromatic heterocycles. The fraction of sp³-hybridized carbons (Fsp3) is 0.655. The van der Waals surface area contributed by atoms with Gasteiger partial charge in [0.05, 0.1) is 40.4 Å². The number of thioether (sulfide) groups is 1. The third-order valence-electron chi connectivity index (χ3n) is 19.6. The number of hydrogen-bond acceptors (Lipinski definition) is 14. The number of rotatable bonds is 6. The Balaban J connectivity index is 0.000000156. The van der Waals surface area contributed by atoms with E-state index in [2.05, 4.69) is 26.8 Å². The molecule has 2 aliphatic heterocycles. The number of aliphatic hydroxyl groups excluding tert-OH is 3. The van der Waals surface area contributed by atoms with E-state index in [1.54, 1.807) is 49.5 Å². The quantitative estimate of drug-likeness (QED) is 0.237. The molecule has 69 heavy (non-hydrogen) atoms. The number of hydrogen-bond donors (Lipinski definition) is 3. The smallest absolute Gasteiger partial charge is 0.193 e. The maximum Gasteiger partial charge on any atom is 0.193 e. The molecule has 16 atom stereocenters. The lowest BCUT2D eigenvalue weighted by Crippen LogP contribution is -2.63. The van der Waals surface area contributed by atoms with Crippen LogP contribution in [0.1, 0.15) is 107 Å². The molecular weight excluding hydrogens is 915 g/mol. The third-order valence-corrected chi connectivity index (χ3v) is 21.7. The van der Waals surface area contributed by atoms with Gasteiger partial charge in [-0.1, -0.05) is 74.9 Å². The molecule has 2 aromatic rings. The first kappa shape index (κ1) is 48.1. The molecule has 0 amide bonds. The zero-order valence-electron chi connectivity index (χ0n) is 41.0. The van der Waals surface area contributed by atoms with Crippen LogP contribution in [0.2, 0.25) is 0 Å². The summed E-state index contributed by atoms with van der Waals surface area (Å²) >= 11 is 3.08. The van der Waals surface area contributed by atoms with Crippen LogP contribution in [0, 0.1) is 57.2 Å². The lowest BCUT2D eigenvalue weighted by Gasteiger charge is -2.60. The minimum atomic E-state index is -1.24. The number of para-hydroxylation sites is 1. The molecule has 2 saturated heterocycles. The second-order valence-corrected chi connectivity index (χ2v) is 26.1. The number of benzene rings is 1. The first-order valence-electron chi connectivity index (χ1n) is 25.1. The number of carbonyl (C=O) groups is 4. The average Bonchev–Trinajstić information content (AvgIpc) is 4.03. The summed E-state index contributed by atoms with van der Waals surface area (Å²) in [6.45, 7) is 15.3. The number of aliphatic hydroxyl groups is 3. The van der Waals surface area contributed by atoms with Gasteiger partial charge in [0.1, 0.15) is 6.61 Å². The van der Waals surface area contributed by atoms with E-state index in [-0.39, 0.29) is 81.3 Å². The zero-order valence-corrected chi connectivity index (χ0v) is 42.6. The van der Waals surface area contributed by atoms with Crippen molar-refractivity contribution in [1.29, 1.82) is 0 Å². The van der Waals surface area contributed by atoms with Crippen molar-refractivity contribution in [3.05, 3.63) is 71.9 Å². The van der Waals surface area contributed by atoms with Crippen molar-refractivity contribution in [3.63, 3.8) is 0 Å². The standard InChI is InChI=1S/C31H35NO5S2.C24H32O6/c1-28(2)36-25-14-20-19-10-9-17-13-18(33)11-12-29(17,3)26(19)22(34)15-30(20,4)31(25,37-28)24(35)16-38-27-32-21-7-5-6-8-23(21)39-27;1-21(2)29-19-10-16-15-6-5-13-9-14(26)7-8-22(13,3)20(15)17(27)11-23(16,4)24(19,30-21)18(28)12-25/h5-8,11-13,19-20,22,25-26,34H,9-10,14-16H2,1-4H3;7-9,15-17,19-20,25,27H,5-6,10-12H2,1-4H3/t19?,20?,22-,25+,26?,29?,30?,31+;15?,16?,17-,19+,20?,22?,23?,24+/m00/s1. The number of ketones is 4. The number of carbonyl (C=O) groups excluding carboxylic acids is 4. The molecule has 10 aliphatic rings. The molecule has 8 fully saturated rings. The van der Waals surface area contributed by atoms with Gasteiger partial charge >= 0.3 is 0 Å². The summed E-state index contributed by atoms with van der Waals surface area (Å²) in [6.07, 6.45) is 14.5. The molecule has 6 saturated carbocycles. The van der Waals surface area contributed by atoms with Crippen LogP contribution < -0.4 is 0 Å². The van der Waals surface area contributed by atoms with E-state index in [1.165, 1.54) is 11.8 Å². The molecule has 3 N–H and O–H groups in total. The molecule has 8 aliphatic carbocycles. The third kappa shape index (κ3) is 6.74. The minimum absolute atomic E-state index is 0.00367. The van der Waals surface area contributed by atoms with Crippen LogP contribution in [-0.2, 0) is 38.1 Å². The SMILES string of the molecule is CC1(C)O[C@@H]2CC3C4CCC5=CC(=O)C=CC5(C)C4[C@@H](O)CC3(C)[C@]2(C(=O)CO)O1.CC1(C)O[C@@H]2CC3C4CCC5=CC(=O)C=CC5(C)C4[C@@H](O)CC3(C)[C@]2(C(=O)CSc2nc3ccccc3s2)O1. The van der Waals surface area contributed by atoms with Crippen molar-refractivity contribution in [2.45, 2.75) is 158 Å². The van der Waals surface area contributed by atoms with Crippen molar-refractivity contribution >= 4 is 56.4 Å². The summed E-state index contributed by atoms with van der Waals surface area (Å²) in [5.74, 6) is -1.13. The summed E-state index contributed by atoms with van der Waals surface area (Å²) in [4.78, 5) is 56.4. The van der Waals surface area contributed by atoms with Crippen LogP contribution in [0.15, 0.2) is 76.2 Å². The van der Waals surface area contributed by atoms with Gasteiger partial charge in [-0.15, -0.1) is 11.3 Å². The molecule has 3 heterocycles. The van der Waals surface area contributed by atoms with Crippen LogP contribution in [0.5, 0.6) is 0 Å². The molecule has 370 valence electrons. The zero-order chi connectivity index (χ0) is 49.1. The number of nitrogens with zero attached hydrogens (tertiary/aromatic N) is 1. The van der Waals surface area contributed by atoms with Gasteiger partial charge in [0.2, 0.25) is 0 Å². The van der Waals surface area contributed by atoms with Crippen molar-refractivity contribution < 1.29 is 53.4 Å². The number of Topliss-reactive ketones (excluding diaryl/α,β-unsaturated/α-hetero) is 2. The largest absolute Gasteiger partial charge is 0.393 e. The van der Waals surface area contributed by atoms with Gasteiger partial charge < -0.3 is 34.3 Å². The monoisotopic (exact) mass is 981 g/mol. The maximum atomic E-state index is 14.4. The first-order valence-corrected chi connectivity index (χ1v) is 26.9. The average molecular weight is 982 g/mol. The summed E-state index contributed by atoms with van der Waals surface area (Å²) in [6, 6.07) is 8.02. The van der Waals surface area contributed by atoms with Gasteiger partial charge in [0, 0.05) is 33.5 Å². The van der Waals surface area contributed by atoms with Crippen LogP contribution in [0.4, 0.5) is 0 Å². The Hall–Kier alpha value is -3.18. The predicted molar refractivity (Wildman–Crippen MR) is 260 cm³/mol. The van der Waals surface area contributed by atoms with Crippen LogP contribution in [0.25, 0.3) is 10.2 Å². The predicted octanol–water partition coefficient (Wildman–Crippen LogP) is 8.06. The van der Waals surface area contributed by atoms with Gasteiger partial charge in [-0.05, 0) is 139 Å². The van der Waals surface area contributed by atoms with Gasteiger partial charge in [-0.25, -0.2) is 4.98 Å². The van der Waals surface area contributed by atoms with E-state index in [0.717, 1.165) is 57.8 Å². The summed E-state index contributed by atoms with van der Waals surface area (Å²) in [5.41, 5.74) is -1.08. The highest BCUT2D eigenvalue weighted by Crippen LogP contribution is 2.72. The molecule has 0 bridgehead atoms. The Bertz CT molecular complexity index is 2630. The van der Waals surface area contributed by atoms with E-state index in [9.17, 15) is 34.5 Å². The number of ether oxygens (including phenoxy) is 4. The lowest BCUT2D eigenvalue weighted by molar-refractivity contribution is -0.225. The Morgan fingerprint density at radius 1 is 0.725 bits per heavy atom. The van der Waals surface area contributed by atoms with E-state index in [1.807, 2.05) is 51.1 Å². The van der Waals surface area contributed by atoms with Gasteiger partial charge in [0.15, 0.2) is 50.2 Å². The minimum Gasteiger partial charge on any atom is -0.393 e. The second-order valence-electron chi connectivity index (χ2n) is 23.8. The number of fused-ring (bicyclic) bond motifs is 15. The molecule has 12 nitrogen and oxygen atoms in total. The van der Waals surface area contributed by atoms with Gasteiger partial charge in [0.25, 0.3) is 0 Å². The second kappa shape index (κ2) is 15.9. The Morgan fingerprint density at radius 2 is 1.20 bits per heavy atom. The number of thiazole rings is 1. The summed E-state index contributed by atoms with van der Waals surface area (Å²) in [5, 5.41) is 33.2. The van der Waals surface area contributed by atoms with E-state index in [0.29, 0.717) is 19.3 Å². The maximum absolute atomic E-state index is 14.4. The molecule has 14 heteroatoms. The molecule has 1 aromatic carbocycles.